The van der Waals surface area contributed by atoms with Crippen molar-refractivity contribution in [1.29, 1.82) is 0 Å². The Balaban J connectivity index is 2.52. The molecular weight excluding hydrogens is 222 g/mol. The highest BCUT2D eigenvalue weighted by molar-refractivity contribution is 5.78. The lowest BCUT2D eigenvalue weighted by Crippen LogP contribution is -2.39. The third-order valence-corrected chi connectivity index (χ3v) is 3.00. The van der Waals surface area contributed by atoms with E-state index in [1.165, 1.54) is 0 Å². The van der Waals surface area contributed by atoms with Gasteiger partial charge in [0.1, 0.15) is 0 Å². The first-order valence-corrected chi connectivity index (χ1v) is 5.92. The summed E-state index contributed by atoms with van der Waals surface area (Å²) in [6.07, 6.45) is 2.27. The monoisotopic (exact) mass is 243 g/mol. The highest BCUT2D eigenvalue weighted by Crippen LogP contribution is 2.29. The number of carboxylic acid groups (broad SMARTS) is 1. The quantitative estimate of drug-likeness (QED) is 0.731. The number of hydrogen-bond acceptors (Lipinski definition) is 3. The van der Waals surface area contributed by atoms with E-state index in [2.05, 4.69) is 0 Å². The van der Waals surface area contributed by atoms with Gasteiger partial charge in [-0.2, -0.15) is 0 Å². The number of amides is 1. The topological polar surface area (TPSA) is 66.8 Å². The number of ether oxygens (including phenoxy) is 1. The molecule has 1 aliphatic rings. The number of methoxy groups -OCH3 is 1. The maximum Gasteiger partial charge on any atom is 0.305 e. The Morgan fingerprint density at radius 3 is 2.41 bits per heavy atom. The van der Waals surface area contributed by atoms with Gasteiger partial charge in [0.05, 0.1) is 18.4 Å². The van der Waals surface area contributed by atoms with Crippen LogP contribution in [0.5, 0.6) is 0 Å². The first kappa shape index (κ1) is 14.0. The van der Waals surface area contributed by atoms with Crippen LogP contribution in [0.1, 0.15) is 39.5 Å². The summed E-state index contributed by atoms with van der Waals surface area (Å²) in [6.45, 7) is 4.01. The molecule has 0 atom stereocenters. The van der Waals surface area contributed by atoms with E-state index in [0.717, 1.165) is 12.8 Å². The van der Waals surface area contributed by atoms with Crippen LogP contribution < -0.4 is 0 Å². The molecule has 98 valence electrons. The van der Waals surface area contributed by atoms with Crippen LogP contribution in [0.25, 0.3) is 0 Å². The van der Waals surface area contributed by atoms with Gasteiger partial charge < -0.3 is 14.7 Å². The summed E-state index contributed by atoms with van der Waals surface area (Å²) < 4.78 is 5.22. The molecule has 1 aliphatic carbocycles. The molecule has 5 nitrogen and oxygen atoms in total. The standard InChI is InChI=1S/C12H21NO4/c1-12(2,17-3)8-10(14)13(9-4-5-9)7-6-11(15)16/h9H,4-8H2,1-3H3,(H,15,16). The normalized spacial score (nSPS) is 15.7. The van der Waals surface area contributed by atoms with Crippen LogP contribution >= 0.6 is 0 Å². The Morgan fingerprint density at radius 2 is 2.00 bits per heavy atom. The van der Waals surface area contributed by atoms with Crippen molar-refractivity contribution in [3.05, 3.63) is 0 Å². The average Bonchev–Trinajstić information content (AvgIpc) is 3.01. The molecule has 0 spiro atoms. The van der Waals surface area contributed by atoms with Gasteiger partial charge in [0.2, 0.25) is 5.91 Å². The number of nitrogens with zero attached hydrogens (tertiary/aromatic N) is 1. The number of carbonyl (C=O) groups excluding carboxylic acids is 1. The van der Waals surface area contributed by atoms with E-state index in [-0.39, 0.29) is 18.4 Å². The molecule has 0 aromatic carbocycles. The van der Waals surface area contributed by atoms with Gasteiger partial charge in [0.15, 0.2) is 0 Å². The van der Waals surface area contributed by atoms with Crippen LogP contribution in [0.2, 0.25) is 0 Å². The molecular formula is C12H21NO4. The van der Waals surface area contributed by atoms with Crippen LogP contribution in [-0.4, -0.2) is 47.2 Å². The zero-order chi connectivity index (χ0) is 13.1. The van der Waals surface area contributed by atoms with E-state index in [1.54, 1.807) is 12.0 Å². The molecule has 0 aromatic heterocycles. The lowest BCUT2D eigenvalue weighted by molar-refractivity contribution is -0.140. The second kappa shape index (κ2) is 5.49. The van der Waals surface area contributed by atoms with Crippen LogP contribution in [0.15, 0.2) is 0 Å². The lowest BCUT2D eigenvalue weighted by atomic mass is 10.0. The predicted molar refractivity (Wildman–Crippen MR) is 62.7 cm³/mol. The van der Waals surface area contributed by atoms with Crippen molar-refractivity contribution in [2.45, 2.75) is 51.2 Å². The number of hydrogen-bond donors (Lipinski definition) is 1. The first-order valence-electron chi connectivity index (χ1n) is 5.92. The first-order chi connectivity index (χ1) is 7.85. The second-order valence-electron chi connectivity index (χ2n) is 5.10. The van der Waals surface area contributed by atoms with Crippen LogP contribution in [0, 0.1) is 0 Å². The molecule has 1 rings (SSSR count). The average molecular weight is 243 g/mol. The van der Waals surface area contributed by atoms with Crippen LogP contribution in [-0.2, 0) is 14.3 Å². The zero-order valence-corrected chi connectivity index (χ0v) is 10.7. The van der Waals surface area contributed by atoms with Gasteiger partial charge >= 0.3 is 5.97 Å². The molecule has 17 heavy (non-hydrogen) atoms. The maximum absolute atomic E-state index is 12.1. The SMILES string of the molecule is COC(C)(C)CC(=O)N(CCC(=O)O)C1CC1. The number of carbonyl (C=O) groups is 2. The Morgan fingerprint density at radius 1 is 1.41 bits per heavy atom. The van der Waals surface area contributed by atoms with Crippen molar-refractivity contribution >= 4 is 11.9 Å². The largest absolute Gasteiger partial charge is 0.481 e. The van der Waals surface area contributed by atoms with E-state index in [0.29, 0.717) is 13.0 Å². The third kappa shape index (κ3) is 4.73. The fourth-order valence-corrected chi connectivity index (χ4v) is 1.65. The summed E-state index contributed by atoms with van der Waals surface area (Å²) in [7, 11) is 1.58. The molecule has 0 aromatic rings. The third-order valence-electron chi connectivity index (χ3n) is 3.00. The van der Waals surface area contributed by atoms with E-state index < -0.39 is 11.6 Å². The Hall–Kier alpha value is -1.10. The minimum atomic E-state index is -0.866. The Kier molecular flexibility index (Phi) is 4.51. The molecule has 0 heterocycles. The molecule has 0 unspecified atom stereocenters. The Labute approximate surface area is 102 Å². The van der Waals surface area contributed by atoms with Gasteiger partial charge in [-0.05, 0) is 26.7 Å². The van der Waals surface area contributed by atoms with Crippen LogP contribution in [0.3, 0.4) is 0 Å². The maximum atomic E-state index is 12.1. The fraction of sp³-hybridized carbons (Fsp3) is 0.833. The number of rotatable bonds is 7. The number of carboxylic acids is 1. The van der Waals surface area contributed by atoms with Crippen molar-refractivity contribution in [3.63, 3.8) is 0 Å². The molecule has 0 aliphatic heterocycles. The molecule has 1 fully saturated rings. The van der Waals surface area contributed by atoms with Crippen LogP contribution in [0.4, 0.5) is 0 Å². The zero-order valence-electron chi connectivity index (χ0n) is 10.7. The van der Waals surface area contributed by atoms with Gasteiger partial charge in [-0.1, -0.05) is 0 Å². The molecule has 0 bridgehead atoms. The highest BCUT2D eigenvalue weighted by atomic mass is 16.5. The molecule has 0 radical (unpaired) electrons. The van der Waals surface area contributed by atoms with Crippen molar-refractivity contribution in [2.24, 2.45) is 0 Å². The highest BCUT2D eigenvalue weighted by Gasteiger charge is 2.34. The smallest absolute Gasteiger partial charge is 0.305 e. The van der Waals surface area contributed by atoms with E-state index in [9.17, 15) is 9.59 Å². The summed E-state index contributed by atoms with van der Waals surface area (Å²) in [4.78, 5) is 24.3. The van der Waals surface area contributed by atoms with Gasteiger partial charge in [-0.25, -0.2) is 0 Å². The molecule has 1 N–H and O–H groups in total. The lowest BCUT2D eigenvalue weighted by Gasteiger charge is -2.28. The summed E-state index contributed by atoms with van der Waals surface area (Å²) in [5.74, 6) is -0.880. The summed E-state index contributed by atoms with van der Waals surface area (Å²) >= 11 is 0. The molecule has 0 saturated heterocycles. The van der Waals surface area contributed by atoms with Crippen molar-refractivity contribution < 1.29 is 19.4 Å². The second-order valence-corrected chi connectivity index (χ2v) is 5.10. The number of aliphatic carboxylic acids is 1. The van der Waals surface area contributed by atoms with Crippen molar-refractivity contribution in [2.75, 3.05) is 13.7 Å². The summed E-state index contributed by atoms with van der Waals surface area (Å²) in [5.41, 5.74) is -0.493. The van der Waals surface area contributed by atoms with E-state index >= 15 is 0 Å². The van der Waals surface area contributed by atoms with Gasteiger partial charge in [-0.15, -0.1) is 0 Å². The predicted octanol–water partition coefficient (Wildman–Crippen LogP) is 1.27. The van der Waals surface area contributed by atoms with Gasteiger partial charge in [0, 0.05) is 19.7 Å². The molecule has 1 amide bonds. The summed E-state index contributed by atoms with van der Waals surface area (Å²) in [5, 5.41) is 8.66. The fourth-order valence-electron chi connectivity index (χ4n) is 1.65. The summed E-state index contributed by atoms with van der Waals surface area (Å²) in [6, 6.07) is 0.245. The minimum Gasteiger partial charge on any atom is -0.481 e. The van der Waals surface area contributed by atoms with Gasteiger partial charge in [-0.3, -0.25) is 9.59 Å². The van der Waals surface area contributed by atoms with E-state index in [4.69, 9.17) is 9.84 Å². The van der Waals surface area contributed by atoms with Crippen molar-refractivity contribution in [1.82, 2.24) is 4.90 Å². The minimum absolute atomic E-state index is 0.00957. The Bertz CT molecular complexity index is 297. The van der Waals surface area contributed by atoms with Gasteiger partial charge in [0.25, 0.3) is 0 Å². The molecule has 5 heteroatoms. The van der Waals surface area contributed by atoms with Crippen molar-refractivity contribution in [3.8, 4) is 0 Å². The van der Waals surface area contributed by atoms with E-state index in [1.807, 2.05) is 13.8 Å². The molecule has 1 saturated carbocycles.